The fraction of sp³-hybridized carbons (Fsp3) is 0.526. The Kier molecular flexibility index (Phi) is 7.23. The van der Waals surface area contributed by atoms with E-state index in [2.05, 4.69) is 17.5 Å². The van der Waals surface area contributed by atoms with E-state index in [0.29, 0.717) is 37.6 Å². The Morgan fingerprint density at radius 1 is 1.27 bits per heavy atom. The van der Waals surface area contributed by atoms with Gasteiger partial charge in [-0.15, -0.1) is 0 Å². The second-order valence-electron chi connectivity index (χ2n) is 6.20. The summed E-state index contributed by atoms with van der Waals surface area (Å²) in [5.74, 6) is 0.578. The van der Waals surface area contributed by atoms with Gasteiger partial charge >= 0.3 is 0 Å². The Balaban J connectivity index is 2.27. The summed E-state index contributed by atoms with van der Waals surface area (Å²) in [6.45, 7) is 6.65. The van der Waals surface area contributed by atoms with Crippen molar-refractivity contribution in [3.8, 4) is 5.75 Å². The van der Waals surface area contributed by atoms with Gasteiger partial charge in [-0.25, -0.2) is 8.42 Å². The first-order valence-electron chi connectivity index (χ1n) is 9.15. The van der Waals surface area contributed by atoms with Crippen molar-refractivity contribution >= 4 is 21.6 Å². The first-order valence-corrected chi connectivity index (χ1v) is 10.6. The van der Waals surface area contributed by atoms with Crippen molar-refractivity contribution in [3.05, 3.63) is 30.4 Å². The quantitative estimate of drug-likeness (QED) is 0.666. The molecule has 1 atom stereocenters. The van der Waals surface area contributed by atoms with Gasteiger partial charge in [0.25, 0.3) is 0 Å². The second kappa shape index (κ2) is 9.19. The minimum Gasteiger partial charge on any atom is -0.492 e. The van der Waals surface area contributed by atoms with Gasteiger partial charge < -0.3 is 10.1 Å². The van der Waals surface area contributed by atoms with Crippen LogP contribution in [0.25, 0.3) is 0 Å². The fourth-order valence-electron chi connectivity index (χ4n) is 3.07. The number of allylic oxidation sites excluding steroid dienone is 2. The van der Waals surface area contributed by atoms with E-state index in [1.807, 2.05) is 6.92 Å². The third-order valence-corrected chi connectivity index (χ3v) is 6.47. The van der Waals surface area contributed by atoms with Gasteiger partial charge in [-0.05, 0) is 43.9 Å². The lowest BCUT2D eigenvalue weighted by molar-refractivity contribution is -0.116. The number of nitrogens with zero attached hydrogens (tertiary/aromatic N) is 1. The van der Waals surface area contributed by atoms with Crippen LogP contribution in [0.1, 0.15) is 40.0 Å². The molecule has 0 aliphatic heterocycles. The van der Waals surface area contributed by atoms with Crippen LogP contribution in [0.4, 0.5) is 5.69 Å². The molecule has 144 valence electrons. The summed E-state index contributed by atoms with van der Waals surface area (Å²) < 4.78 is 32.4. The first-order chi connectivity index (χ1) is 12.4. The molecule has 0 saturated carbocycles. The van der Waals surface area contributed by atoms with Crippen LogP contribution in [0, 0.1) is 5.92 Å². The average Bonchev–Trinajstić information content (AvgIpc) is 3.10. The molecule has 6 nitrogen and oxygen atoms in total. The standard InChI is InChI=1S/C19H28N2O4S/c1-4-21(5-2)26(23,24)16-11-12-18(25-6-3)17(14-16)20-19(22)13-15-9-7-8-10-15/h7,9,11-12,14-15H,4-6,8,10,13H2,1-3H3,(H,20,22). The zero-order chi connectivity index (χ0) is 19.2. The summed E-state index contributed by atoms with van der Waals surface area (Å²) in [7, 11) is -3.60. The lowest BCUT2D eigenvalue weighted by atomic mass is 10.1. The molecule has 0 radical (unpaired) electrons. The van der Waals surface area contributed by atoms with E-state index in [9.17, 15) is 13.2 Å². The van der Waals surface area contributed by atoms with Crippen LogP contribution in [0.5, 0.6) is 5.75 Å². The van der Waals surface area contributed by atoms with E-state index in [0.717, 1.165) is 12.8 Å². The monoisotopic (exact) mass is 380 g/mol. The van der Waals surface area contributed by atoms with Gasteiger partial charge in [0.15, 0.2) is 0 Å². The number of hydrogen-bond donors (Lipinski definition) is 1. The number of hydrogen-bond acceptors (Lipinski definition) is 4. The molecule has 1 aliphatic carbocycles. The molecule has 1 aliphatic rings. The van der Waals surface area contributed by atoms with E-state index in [1.54, 1.807) is 19.9 Å². The third-order valence-electron chi connectivity index (χ3n) is 4.43. The minimum absolute atomic E-state index is 0.139. The van der Waals surface area contributed by atoms with Crippen LogP contribution >= 0.6 is 0 Å². The number of anilines is 1. The van der Waals surface area contributed by atoms with Crippen molar-refractivity contribution in [3.63, 3.8) is 0 Å². The molecule has 26 heavy (non-hydrogen) atoms. The van der Waals surface area contributed by atoms with Gasteiger partial charge in [0, 0.05) is 19.5 Å². The number of ether oxygens (including phenoxy) is 1. The minimum atomic E-state index is -3.60. The molecule has 7 heteroatoms. The molecule has 1 aromatic rings. The van der Waals surface area contributed by atoms with Gasteiger partial charge in [0.2, 0.25) is 15.9 Å². The van der Waals surface area contributed by atoms with Gasteiger partial charge in [-0.1, -0.05) is 26.0 Å². The second-order valence-corrected chi connectivity index (χ2v) is 8.14. The molecule has 0 spiro atoms. The zero-order valence-electron chi connectivity index (χ0n) is 15.7. The highest BCUT2D eigenvalue weighted by molar-refractivity contribution is 7.89. The highest BCUT2D eigenvalue weighted by Crippen LogP contribution is 2.30. The van der Waals surface area contributed by atoms with Crippen molar-refractivity contribution in [2.45, 2.75) is 44.9 Å². The summed E-state index contributed by atoms with van der Waals surface area (Å²) >= 11 is 0. The molecule has 0 heterocycles. The van der Waals surface area contributed by atoms with E-state index < -0.39 is 10.0 Å². The summed E-state index contributed by atoms with van der Waals surface area (Å²) in [6, 6.07) is 4.61. The SMILES string of the molecule is CCOc1ccc(S(=O)(=O)N(CC)CC)cc1NC(=O)CC1C=CCC1. The predicted molar refractivity (Wildman–Crippen MR) is 103 cm³/mol. The number of carbonyl (C=O) groups is 1. The largest absolute Gasteiger partial charge is 0.492 e. The molecule has 0 aromatic heterocycles. The first kappa shape index (κ1) is 20.5. The van der Waals surface area contributed by atoms with Gasteiger partial charge in [-0.3, -0.25) is 4.79 Å². The van der Waals surface area contributed by atoms with Gasteiger partial charge in [0.1, 0.15) is 5.75 Å². The topological polar surface area (TPSA) is 75.7 Å². The smallest absolute Gasteiger partial charge is 0.243 e. The molecular formula is C19H28N2O4S. The highest BCUT2D eigenvalue weighted by atomic mass is 32.2. The number of rotatable bonds is 9. The third kappa shape index (κ3) is 4.86. The molecule has 1 unspecified atom stereocenters. The maximum absolute atomic E-state index is 12.7. The van der Waals surface area contributed by atoms with E-state index in [-0.39, 0.29) is 16.7 Å². The normalized spacial score (nSPS) is 16.8. The maximum Gasteiger partial charge on any atom is 0.243 e. The van der Waals surface area contributed by atoms with Crippen molar-refractivity contribution in [1.82, 2.24) is 4.31 Å². The molecule has 1 N–H and O–H groups in total. The lowest BCUT2D eigenvalue weighted by Gasteiger charge is -2.20. The summed E-state index contributed by atoms with van der Waals surface area (Å²) in [4.78, 5) is 12.5. The van der Waals surface area contributed by atoms with Crippen LogP contribution < -0.4 is 10.1 Å². The van der Waals surface area contributed by atoms with Crippen LogP contribution in [0.15, 0.2) is 35.2 Å². The van der Waals surface area contributed by atoms with Gasteiger partial charge in [-0.2, -0.15) is 4.31 Å². The molecular weight excluding hydrogens is 352 g/mol. The highest BCUT2D eigenvalue weighted by Gasteiger charge is 2.23. The van der Waals surface area contributed by atoms with Crippen LogP contribution in [-0.2, 0) is 14.8 Å². The summed E-state index contributed by atoms with van der Waals surface area (Å²) in [5.41, 5.74) is 0.395. The van der Waals surface area contributed by atoms with Crippen LogP contribution in [-0.4, -0.2) is 38.3 Å². The molecule has 0 fully saturated rings. The summed E-state index contributed by atoms with van der Waals surface area (Å²) in [6.07, 6.45) is 6.50. The predicted octanol–water partition coefficient (Wildman–Crippen LogP) is 3.41. The fourth-order valence-corrected chi connectivity index (χ4v) is 4.55. The van der Waals surface area contributed by atoms with E-state index in [4.69, 9.17) is 4.74 Å². The number of carbonyl (C=O) groups excluding carboxylic acids is 1. The van der Waals surface area contributed by atoms with Crippen LogP contribution in [0.2, 0.25) is 0 Å². The van der Waals surface area contributed by atoms with Crippen molar-refractivity contribution in [1.29, 1.82) is 0 Å². The molecule has 1 aromatic carbocycles. The number of nitrogens with one attached hydrogen (secondary N) is 1. The lowest BCUT2D eigenvalue weighted by Crippen LogP contribution is -2.30. The zero-order valence-corrected chi connectivity index (χ0v) is 16.5. The van der Waals surface area contributed by atoms with Crippen molar-refractivity contribution in [2.24, 2.45) is 5.92 Å². The van der Waals surface area contributed by atoms with Crippen molar-refractivity contribution in [2.75, 3.05) is 25.0 Å². The average molecular weight is 381 g/mol. The van der Waals surface area contributed by atoms with Crippen LogP contribution in [0.3, 0.4) is 0 Å². The Labute approximate surface area is 156 Å². The molecule has 1 amide bonds. The molecule has 2 rings (SSSR count). The Morgan fingerprint density at radius 2 is 2.00 bits per heavy atom. The maximum atomic E-state index is 12.7. The Bertz CT molecular complexity index is 755. The molecule has 0 bridgehead atoms. The number of amides is 1. The Morgan fingerprint density at radius 3 is 2.58 bits per heavy atom. The molecule has 0 saturated heterocycles. The summed E-state index contributed by atoms with van der Waals surface area (Å²) in [5, 5.41) is 2.83. The van der Waals surface area contributed by atoms with E-state index in [1.165, 1.54) is 16.4 Å². The van der Waals surface area contributed by atoms with Gasteiger partial charge in [0.05, 0.1) is 17.2 Å². The Hall–Kier alpha value is -1.86. The number of sulfonamides is 1. The number of benzene rings is 1. The van der Waals surface area contributed by atoms with E-state index >= 15 is 0 Å². The van der Waals surface area contributed by atoms with Crippen molar-refractivity contribution < 1.29 is 17.9 Å².